The second-order valence-electron chi connectivity index (χ2n) is 6.27. The van der Waals surface area contributed by atoms with E-state index in [-0.39, 0.29) is 0 Å². The Bertz CT molecular complexity index is 459. The Hall–Kier alpha value is -1.06. The molecule has 0 bridgehead atoms. The predicted molar refractivity (Wildman–Crippen MR) is 85.2 cm³/mol. The summed E-state index contributed by atoms with van der Waals surface area (Å²) in [5.41, 5.74) is 10.4. The van der Waals surface area contributed by atoms with E-state index in [0.29, 0.717) is 12.0 Å². The summed E-state index contributed by atoms with van der Waals surface area (Å²) in [4.78, 5) is 4.97. The largest absolute Gasteiger partial charge is 0.374 e. The third kappa shape index (κ3) is 2.33. The molecule has 3 rings (SSSR count). The molecule has 1 fully saturated rings. The number of aryl methyl sites for hydroxylation is 1. The van der Waals surface area contributed by atoms with E-state index in [2.05, 4.69) is 42.0 Å². The molecule has 3 nitrogen and oxygen atoms in total. The lowest BCUT2D eigenvalue weighted by atomic mass is 9.90. The van der Waals surface area contributed by atoms with E-state index in [4.69, 9.17) is 5.73 Å². The molecule has 0 radical (unpaired) electrons. The molecule has 0 saturated carbocycles. The highest BCUT2D eigenvalue weighted by Gasteiger charge is 2.33. The molecular weight excluding hydrogens is 246 g/mol. The number of nitrogens with two attached hydrogens (primary N) is 1. The maximum Gasteiger partial charge on any atom is 0.0396 e. The van der Waals surface area contributed by atoms with Gasteiger partial charge in [0.1, 0.15) is 0 Å². The van der Waals surface area contributed by atoms with Crippen molar-refractivity contribution in [2.75, 3.05) is 38.1 Å². The number of fused-ring (bicyclic) bond motifs is 1. The molecule has 0 spiro atoms. The summed E-state index contributed by atoms with van der Waals surface area (Å²) in [5.74, 6) is 0.620. The van der Waals surface area contributed by atoms with Gasteiger partial charge in [0.2, 0.25) is 0 Å². The lowest BCUT2D eigenvalue weighted by Crippen LogP contribution is -2.29. The molecule has 0 aliphatic carbocycles. The van der Waals surface area contributed by atoms with Crippen LogP contribution < -0.4 is 10.6 Å². The summed E-state index contributed by atoms with van der Waals surface area (Å²) in [6.45, 7) is 6.57. The molecule has 2 heterocycles. The topological polar surface area (TPSA) is 32.5 Å². The van der Waals surface area contributed by atoms with E-state index in [0.717, 1.165) is 13.1 Å². The summed E-state index contributed by atoms with van der Waals surface area (Å²) in [7, 11) is 2.20. The SMILES string of the molecule is CCN1CCC(CN)C1c1ccc2c(c1)CCCN2C. The van der Waals surface area contributed by atoms with Crippen LogP contribution in [0.15, 0.2) is 18.2 Å². The highest BCUT2D eigenvalue weighted by Crippen LogP contribution is 2.38. The van der Waals surface area contributed by atoms with Gasteiger partial charge >= 0.3 is 0 Å². The van der Waals surface area contributed by atoms with Crippen LogP contribution >= 0.6 is 0 Å². The van der Waals surface area contributed by atoms with Gasteiger partial charge in [0, 0.05) is 25.3 Å². The number of nitrogens with zero attached hydrogens (tertiary/aromatic N) is 2. The standard InChI is InChI=1S/C17H27N3/c1-3-20-10-8-15(12-18)17(20)14-6-7-16-13(11-14)5-4-9-19(16)2/h6-7,11,15,17H,3-5,8-10,12,18H2,1-2H3. The molecular formula is C17H27N3. The fraction of sp³-hybridized carbons (Fsp3) is 0.647. The van der Waals surface area contributed by atoms with Gasteiger partial charge in [-0.05, 0) is 62.0 Å². The third-order valence-electron chi connectivity index (χ3n) is 5.13. The zero-order valence-corrected chi connectivity index (χ0v) is 12.8. The average Bonchev–Trinajstić information content (AvgIpc) is 2.90. The molecule has 2 aliphatic rings. The van der Waals surface area contributed by atoms with Crippen molar-refractivity contribution in [3.8, 4) is 0 Å². The quantitative estimate of drug-likeness (QED) is 0.918. The van der Waals surface area contributed by atoms with Crippen molar-refractivity contribution < 1.29 is 0 Å². The maximum atomic E-state index is 6.00. The second kappa shape index (κ2) is 5.74. The van der Waals surface area contributed by atoms with Crippen molar-refractivity contribution in [3.05, 3.63) is 29.3 Å². The van der Waals surface area contributed by atoms with Gasteiger partial charge in [0.05, 0.1) is 0 Å². The van der Waals surface area contributed by atoms with Crippen molar-refractivity contribution in [2.24, 2.45) is 11.7 Å². The van der Waals surface area contributed by atoms with Gasteiger partial charge in [-0.2, -0.15) is 0 Å². The van der Waals surface area contributed by atoms with Gasteiger partial charge in [-0.15, -0.1) is 0 Å². The minimum atomic E-state index is 0.530. The average molecular weight is 273 g/mol. The van der Waals surface area contributed by atoms with Gasteiger partial charge in [-0.1, -0.05) is 19.1 Å². The third-order valence-corrected chi connectivity index (χ3v) is 5.13. The second-order valence-corrected chi connectivity index (χ2v) is 6.27. The number of likely N-dealkylation sites (tertiary alicyclic amines) is 1. The predicted octanol–water partition coefficient (Wildman–Crippen LogP) is 2.41. The highest BCUT2D eigenvalue weighted by molar-refractivity contribution is 5.56. The van der Waals surface area contributed by atoms with Gasteiger partial charge < -0.3 is 10.6 Å². The summed E-state index contributed by atoms with van der Waals surface area (Å²) in [6.07, 6.45) is 3.74. The Morgan fingerprint density at radius 2 is 2.15 bits per heavy atom. The Labute approximate surface area is 122 Å². The van der Waals surface area contributed by atoms with E-state index in [1.54, 1.807) is 0 Å². The Kier molecular flexibility index (Phi) is 3.99. The fourth-order valence-corrected chi connectivity index (χ4v) is 4.00. The molecule has 0 aromatic heterocycles. The van der Waals surface area contributed by atoms with E-state index < -0.39 is 0 Å². The van der Waals surface area contributed by atoms with Crippen LogP contribution in [0, 0.1) is 5.92 Å². The number of rotatable bonds is 3. The number of hydrogen-bond donors (Lipinski definition) is 1. The van der Waals surface area contributed by atoms with Crippen molar-refractivity contribution >= 4 is 5.69 Å². The first-order chi connectivity index (χ1) is 9.74. The summed E-state index contributed by atoms with van der Waals surface area (Å²) in [6, 6.07) is 7.64. The number of hydrogen-bond acceptors (Lipinski definition) is 3. The van der Waals surface area contributed by atoms with Crippen LogP contribution in [0.2, 0.25) is 0 Å². The first kappa shape index (κ1) is 13.9. The zero-order chi connectivity index (χ0) is 14.1. The highest BCUT2D eigenvalue weighted by atomic mass is 15.2. The summed E-state index contributed by atoms with van der Waals surface area (Å²) < 4.78 is 0. The maximum absolute atomic E-state index is 6.00. The van der Waals surface area contributed by atoms with E-state index >= 15 is 0 Å². The van der Waals surface area contributed by atoms with Gasteiger partial charge in [-0.25, -0.2) is 0 Å². The molecule has 1 saturated heterocycles. The molecule has 1 aromatic carbocycles. The van der Waals surface area contributed by atoms with Crippen LogP contribution in [0.25, 0.3) is 0 Å². The molecule has 20 heavy (non-hydrogen) atoms. The molecule has 3 heteroatoms. The Morgan fingerprint density at radius 3 is 2.90 bits per heavy atom. The van der Waals surface area contributed by atoms with E-state index in [1.165, 1.54) is 49.2 Å². The lowest BCUT2D eigenvalue weighted by molar-refractivity contribution is 0.242. The van der Waals surface area contributed by atoms with Crippen LogP contribution in [0.3, 0.4) is 0 Å². The molecule has 2 aliphatic heterocycles. The van der Waals surface area contributed by atoms with Crippen molar-refractivity contribution in [3.63, 3.8) is 0 Å². The number of anilines is 1. The first-order valence-corrected chi connectivity index (χ1v) is 8.02. The van der Waals surface area contributed by atoms with Crippen LogP contribution in [-0.4, -0.2) is 38.1 Å². The molecule has 2 N–H and O–H groups in total. The minimum absolute atomic E-state index is 0.530. The molecule has 2 unspecified atom stereocenters. The molecule has 110 valence electrons. The molecule has 2 atom stereocenters. The van der Waals surface area contributed by atoms with Crippen molar-refractivity contribution in [1.29, 1.82) is 0 Å². The van der Waals surface area contributed by atoms with Crippen LogP contribution in [0.4, 0.5) is 5.69 Å². The van der Waals surface area contributed by atoms with Crippen molar-refractivity contribution in [2.45, 2.75) is 32.2 Å². The minimum Gasteiger partial charge on any atom is -0.374 e. The fourth-order valence-electron chi connectivity index (χ4n) is 4.00. The monoisotopic (exact) mass is 273 g/mol. The first-order valence-electron chi connectivity index (χ1n) is 8.02. The van der Waals surface area contributed by atoms with Crippen LogP contribution in [-0.2, 0) is 6.42 Å². The summed E-state index contributed by atoms with van der Waals surface area (Å²) in [5, 5.41) is 0. The Morgan fingerprint density at radius 1 is 1.30 bits per heavy atom. The van der Waals surface area contributed by atoms with Crippen LogP contribution in [0.5, 0.6) is 0 Å². The van der Waals surface area contributed by atoms with Gasteiger partial charge in [-0.3, -0.25) is 4.90 Å². The Balaban J connectivity index is 1.93. The summed E-state index contributed by atoms with van der Waals surface area (Å²) >= 11 is 0. The van der Waals surface area contributed by atoms with Gasteiger partial charge in [0.15, 0.2) is 0 Å². The van der Waals surface area contributed by atoms with Gasteiger partial charge in [0.25, 0.3) is 0 Å². The van der Waals surface area contributed by atoms with Crippen molar-refractivity contribution in [1.82, 2.24) is 4.90 Å². The smallest absolute Gasteiger partial charge is 0.0396 e. The normalized spacial score (nSPS) is 26.9. The van der Waals surface area contributed by atoms with Crippen LogP contribution in [0.1, 0.15) is 36.9 Å². The van der Waals surface area contributed by atoms with E-state index in [1.807, 2.05) is 0 Å². The molecule has 1 aromatic rings. The molecule has 0 amide bonds. The zero-order valence-electron chi connectivity index (χ0n) is 12.8. The lowest BCUT2D eigenvalue weighted by Gasteiger charge is -2.31. The number of benzene rings is 1. The van der Waals surface area contributed by atoms with E-state index in [9.17, 15) is 0 Å².